The van der Waals surface area contributed by atoms with Gasteiger partial charge in [0.05, 0.1) is 7.11 Å². The van der Waals surface area contributed by atoms with Crippen LogP contribution in [0.5, 0.6) is 11.5 Å². The van der Waals surface area contributed by atoms with E-state index in [1.807, 2.05) is 0 Å². The number of benzene rings is 2. The molecule has 1 aliphatic rings. The van der Waals surface area contributed by atoms with Crippen molar-refractivity contribution in [1.29, 1.82) is 0 Å². The van der Waals surface area contributed by atoms with Gasteiger partial charge in [0.1, 0.15) is 6.61 Å². The van der Waals surface area contributed by atoms with E-state index in [0.717, 1.165) is 6.21 Å². The molecule has 1 unspecified atom stereocenters. The van der Waals surface area contributed by atoms with Crippen LogP contribution in [0, 0.1) is 0 Å². The lowest BCUT2D eigenvalue weighted by atomic mass is 10.1. The summed E-state index contributed by atoms with van der Waals surface area (Å²) < 4.78 is 50.4. The summed E-state index contributed by atoms with van der Waals surface area (Å²) in [4.78, 5) is 12.5. The molecular weight excluding hydrogens is 377 g/mol. The number of halogens is 3. The minimum absolute atomic E-state index is 0.0529. The van der Waals surface area contributed by atoms with Gasteiger partial charge < -0.3 is 14.6 Å². The number of hydrazone groups is 1. The quantitative estimate of drug-likeness (QED) is 0.844. The topological polar surface area (TPSA) is 71.4 Å². The Labute approximate surface area is 158 Å². The van der Waals surface area contributed by atoms with E-state index in [-0.39, 0.29) is 17.2 Å². The van der Waals surface area contributed by atoms with Gasteiger partial charge in [-0.15, -0.1) is 0 Å². The molecule has 0 saturated heterocycles. The van der Waals surface area contributed by atoms with Gasteiger partial charge in [-0.05, 0) is 29.8 Å². The van der Waals surface area contributed by atoms with Crippen molar-refractivity contribution in [2.45, 2.75) is 24.9 Å². The Balaban J connectivity index is 1.78. The van der Waals surface area contributed by atoms with Gasteiger partial charge >= 0.3 is 6.18 Å². The fraction of sp³-hybridized carbons (Fsp3) is 0.263. The van der Waals surface area contributed by atoms with Crippen LogP contribution < -0.4 is 9.47 Å². The molecule has 9 heteroatoms. The third-order valence-electron chi connectivity index (χ3n) is 4.21. The van der Waals surface area contributed by atoms with Crippen molar-refractivity contribution in [2.24, 2.45) is 5.10 Å². The molecule has 148 valence electrons. The SMILES string of the molecule is COc1ccccc1OCc1cccc(C(=O)N2N=CCC2(O)C(F)(F)F)c1. The molecule has 1 atom stereocenters. The summed E-state index contributed by atoms with van der Waals surface area (Å²) in [5, 5.41) is 13.4. The van der Waals surface area contributed by atoms with E-state index in [1.54, 1.807) is 30.3 Å². The maximum absolute atomic E-state index is 13.2. The zero-order valence-corrected chi connectivity index (χ0v) is 14.8. The lowest BCUT2D eigenvalue weighted by Gasteiger charge is -2.32. The molecule has 2 aromatic rings. The number of aliphatic hydroxyl groups is 1. The molecule has 0 aliphatic carbocycles. The van der Waals surface area contributed by atoms with Gasteiger partial charge in [-0.1, -0.05) is 24.3 Å². The molecule has 0 aromatic heterocycles. The van der Waals surface area contributed by atoms with E-state index < -0.39 is 24.2 Å². The minimum atomic E-state index is -5.04. The van der Waals surface area contributed by atoms with E-state index in [1.165, 1.54) is 25.3 Å². The average molecular weight is 394 g/mol. The zero-order valence-electron chi connectivity index (χ0n) is 14.8. The van der Waals surface area contributed by atoms with Gasteiger partial charge in [-0.25, -0.2) is 0 Å². The monoisotopic (exact) mass is 394 g/mol. The Morgan fingerprint density at radius 3 is 2.61 bits per heavy atom. The third kappa shape index (κ3) is 3.65. The summed E-state index contributed by atoms with van der Waals surface area (Å²) in [6, 6.07) is 12.9. The normalized spacial score (nSPS) is 19.0. The van der Waals surface area contributed by atoms with E-state index in [4.69, 9.17) is 9.47 Å². The van der Waals surface area contributed by atoms with Crippen molar-refractivity contribution in [2.75, 3.05) is 7.11 Å². The van der Waals surface area contributed by atoms with Crippen LogP contribution in [-0.4, -0.2) is 41.2 Å². The summed E-state index contributed by atoms with van der Waals surface area (Å²) in [6.45, 7) is 0.0638. The van der Waals surface area contributed by atoms with Crippen LogP contribution in [0.25, 0.3) is 0 Å². The summed E-state index contributed by atoms with van der Waals surface area (Å²) in [7, 11) is 1.50. The number of hydrogen-bond donors (Lipinski definition) is 1. The first-order valence-electron chi connectivity index (χ1n) is 8.27. The van der Waals surface area contributed by atoms with Gasteiger partial charge in [-0.2, -0.15) is 23.3 Å². The van der Waals surface area contributed by atoms with Crippen LogP contribution in [0.1, 0.15) is 22.3 Å². The largest absolute Gasteiger partial charge is 0.493 e. The summed E-state index contributed by atoms with van der Waals surface area (Å²) in [6.07, 6.45) is -5.00. The van der Waals surface area contributed by atoms with Crippen molar-refractivity contribution in [1.82, 2.24) is 5.01 Å². The minimum Gasteiger partial charge on any atom is -0.493 e. The van der Waals surface area contributed by atoms with Gasteiger partial charge in [0, 0.05) is 18.2 Å². The van der Waals surface area contributed by atoms with Gasteiger partial charge in [-0.3, -0.25) is 4.79 Å². The number of para-hydroxylation sites is 2. The van der Waals surface area contributed by atoms with Crippen LogP contribution in [0.3, 0.4) is 0 Å². The standard InChI is InChI=1S/C19H17F3N2O4/c1-27-15-7-2-3-8-16(15)28-12-13-5-4-6-14(11-13)17(25)24-18(26,9-10-23-24)19(20,21)22/h2-8,10-11,26H,9,12H2,1H3. The van der Waals surface area contributed by atoms with Crippen molar-refractivity contribution in [3.05, 3.63) is 59.7 Å². The highest BCUT2D eigenvalue weighted by molar-refractivity contribution is 5.96. The van der Waals surface area contributed by atoms with Gasteiger partial charge in [0.2, 0.25) is 0 Å². The molecule has 1 amide bonds. The Hall–Kier alpha value is -3.07. The smallest absolute Gasteiger partial charge is 0.438 e. The number of rotatable bonds is 5. The number of alkyl halides is 3. The van der Waals surface area contributed by atoms with Crippen LogP contribution >= 0.6 is 0 Å². The molecule has 1 aliphatic heterocycles. The van der Waals surface area contributed by atoms with E-state index in [0.29, 0.717) is 17.1 Å². The Morgan fingerprint density at radius 2 is 1.93 bits per heavy atom. The number of carbonyl (C=O) groups excluding carboxylic acids is 1. The Kier molecular flexibility index (Phi) is 5.28. The molecule has 28 heavy (non-hydrogen) atoms. The van der Waals surface area contributed by atoms with Crippen molar-refractivity contribution >= 4 is 12.1 Å². The van der Waals surface area contributed by atoms with Crippen molar-refractivity contribution in [3.63, 3.8) is 0 Å². The third-order valence-corrected chi connectivity index (χ3v) is 4.21. The molecule has 6 nitrogen and oxygen atoms in total. The molecule has 0 radical (unpaired) electrons. The second kappa shape index (κ2) is 7.51. The number of amides is 1. The highest BCUT2D eigenvalue weighted by Crippen LogP contribution is 2.39. The fourth-order valence-corrected chi connectivity index (χ4v) is 2.70. The number of carbonyl (C=O) groups is 1. The first-order chi connectivity index (χ1) is 13.3. The van der Waals surface area contributed by atoms with Crippen LogP contribution in [0.15, 0.2) is 53.6 Å². The zero-order chi connectivity index (χ0) is 20.4. The molecule has 0 bridgehead atoms. The van der Waals surface area contributed by atoms with Crippen LogP contribution in [-0.2, 0) is 6.61 Å². The summed E-state index contributed by atoms with van der Waals surface area (Å²) in [5.74, 6) is -0.0542. The molecular formula is C19H17F3N2O4. The second-order valence-electron chi connectivity index (χ2n) is 6.07. The number of ether oxygens (including phenoxy) is 2. The lowest BCUT2D eigenvalue weighted by molar-refractivity contribution is -0.297. The molecule has 3 rings (SSSR count). The summed E-state index contributed by atoms with van der Waals surface area (Å²) >= 11 is 0. The van der Waals surface area contributed by atoms with Gasteiger partial charge in [0.15, 0.2) is 11.5 Å². The maximum atomic E-state index is 13.2. The first-order valence-corrected chi connectivity index (χ1v) is 8.27. The molecule has 2 aromatic carbocycles. The molecule has 1 N–H and O–H groups in total. The number of nitrogens with zero attached hydrogens (tertiary/aromatic N) is 2. The first kappa shape index (κ1) is 19.7. The second-order valence-corrected chi connectivity index (χ2v) is 6.07. The predicted octanol–water partition coefficient (Wildman–Crippen LogP) is 3.36. The number of hydrogen-bond acceptors (Lipinski definition) is 5. The Morgan fingerprint density at radius 1 is 1.21 bits per heavy atom. The highest BCUT2D eigenvalue weighted by atomic mass is 19.4. The van der Waals surface area contributed by atoms with E-state index in [2.05, 4.69) is 5.10 Å². The van der Waals surface area contributed by atoms with Gasteiger partial charge in [0.25, 0.3) is 11.6 Å². The van der Waals surface area contributed by atoms with Crippen LogP contribution in [0.2, 0.25) is 0 Å². The maximum Gasteiger partial charge on any atom is 0.438 e. The molecule has 1 heterocycles. The molecule has 0 saturated carbocycles. The summed E-state index contributed by atoms with van der Waals surface area (Å²) in [5.41, 5.74) is -2.85. The average Bonchev–Trinajstić information content (AvgIpc) is 3.09. The van der Waals surface area contributed by atoms with Crippen molar-refractivity contribution < 1.29 is 32.5 Å². The lowest BCUT2D eigenvalue weighted by Crippen LogP contribution is -2.56. The van der Waals surface area contributed by atoms with Crippen LogP contribution in [0.4, 0.5) is 13.2 Å². The predicted molar refractivity (Wildman–Crippen MR) is 94.1 cm³/mol. The van der Waals surface area contributed by atoms with E-state index in [9.17, 15) is 23.1 Å². The number of methoxy groups -OCH3 is 1. The Bertz CT molecular complexity index is 901. The molecule has 0 fully saturated rings. The highest BCUT2D eigenvalue weighted by Gasteiger charge is 2.61. The van der Waals surface area contributed by atoms with E-state index >= 15 is 0 Å². The fourth-order valence-electron chi connectivity index (χ4n) is 2.70. The molecule has 0 spiro atoms. The van der Waals surface area contributed by atoms with Crippen molar-refractivity contribution in [3.8, 4) is 11.5 Å².